The zero-order chi connectivity index (χ0) is 16.5. The summed E-state index contributed by atoms with van der Waals surface area (Å²) in [6.07, 6.45) is 1.06. The number of piperazine rings is 1. The van der Waals surface area contributed by atoms with Crippen molar-refractivity contribution >= 4 is 0 Å². The molecule has 0 aliphatic carbocycles. The van der Waals surface area contributed by atoms with Gasteiger partial charge in [-0.25, -0.2) is 0 Å². The summed E-state index contributed by atoms with van der Waals surface area (Å²) >= 11 is 0. The summed E-state index contributed by atoms with van der Waals surface area (Å²) in [5, 5.41) is 0. The molecule has 0 spiro atoms. The van der Waals surface area contributed by atoms with E-state index in [1.165, 1.54) is 22.3 Å². The van der Waals surface area contributed by atoms with Gasteiger partial charge in [-0.3, -0.25) is 4.90 Å². The van der Waals surface area contributed by atoms with Crippen LogP contribution >= 0.6 is 0 Å². The highest BCUT2D eigenvalue weighted by molar-refractivity contribution is 5.48. The quantitative estimate of drug-likeness (QED) is 0.842. The Morgan fingerprint density at radius 3 is 2.58 bits per heavy atom. The van der Waals surface area contributed by atoms with E-state index in [-0.39, 0.29) is 0 Å². The van der Waals surface area contributed by atoms with Crippen LogP contribution in [0.1, 0.15) is 35.2 Å². The number of ether oxygens (including phenoxy) is 1. The topological polar surface area (TPSA) is 15.7 Å². The molecule has 1 fully saturated rings. The van der Waals surface area contributed by atoms with Crippen LogP contribution in [-0.4, -0.2) is 43.0 Å². The predicted molar refractivity (Wildman–Crippen MR) is 97.5 cm³/mol. The first kappa shape index (κ1) is 15.7. The van der Waals surface area contributed by atoms with Crippen molar-refractivity contribution in [3.63, 3.8) is 0 Å². The van der Waals surface area contributed by atoms with Gasteiger partial charge in [0.2, 0.25) is 0 Å². The van der Waals surface area contributed by atoms with Gasteiger partial charge in [0.25, 0.3) is 0 Å². The summed E-state index contributed by atoms with van der Waals surface area (Å²) in [7, 11) is 2.21. The van der Waals surface area contributed by atoms with Gasteiger partial charge in [0.15, 0.2) is 0 Å². The molecular weight excluding hydrogens is 296 g/mol. The second-order valence-corrected chi connectivity index (χ2v) is 6.96. The Morgan fingerprint density at radius 2 is 1.79 bits per heavy atom. The number of benzene rings is 2. The smallest absolute Gasteiger partial charge is 0.124 e. The van der Waals surface area contributed by atoms with E-state index >= 15 is 0 Å². The van der Waals surface area contributed by atoms with Gasteiger partial charge in [0.1, 0.15) is 12.4 Å². The van der Waals surface area contributed by atoms with Crippen LogP contribution < -0.4 is 4.74 Å². The van der Waals surface area contributed by atoms with Crippen LogP contribution in [-0.2, 0) is 13.0 Å². The number of nitrogens with zero attached hydrogens (tertiary/aromatic N) is 2. The van der Waals surface area contributed by atoms with Crippen LogP contribution in [0, 0.1) is 0 Å². The summed E-state index contributed by atoms with van der Waals surface area (Å²) < 4.78 is 6.18. The first-order chi connectivity index (χ1) is 11.8. The molecule has 0 amide bonds. The maximum absolute atomic E-state index is 6.18. The van der Waals surface area contributed by atoms with Crippen molar-refractivity contribution in [3.05, 3.63) is 64.7 Å². The van der Waals surface area contributed by atoms with Crippen LogP contribution in [0.4, 0.5) is 0 Å². The Labute approximate surface area is 144 Å². The number of hydrogen-bond donors (Lipinski definition) is 0. The molecule has 0 saturated carbocycles. The molecule has 4 rings (SSSR count). The van der Waals surface area contributed by atoms with Crippen LogP contribution in [0.5, 0.6) is 5.75 Å². The van der Waals surface area contributed by atoms with Crippen LogP contribution in [0.3, 0.4) is 0 Å². The second kappa shape index (κ2) is 6.58. The molecule has 3 nitrogen and oxygen atoms in total. The summed E-state index contributed by atoms with van der Waals surface area (Å²) in [6, 6.07) is 15.8. The Morgan fingerprint density at radius 1 is 1.00 bits per heavy atom. The van der Waals surface area contributed by atoms with E-state index in [4.69, 9.17) is 4.74 Å². The first-order valence-corrected chi connectivity index (χ1v) is 9.02. The van der Waals surface area contributed by atoms with Gasteiger partial charge in [-0.15, -0.1) is 0 Å². The maximum Gasteiger partial charge on any atom is 0.124 e. The van der Waals surface area contributed by atoms with E-state index in [1.807, 2.05) is 0 Å². The zero-order valence-corrected chi connectivity index (χ0v) is 14.7. The van der Waals surface area contributed by atoms with E-state index in [1.54, 1.807) is 0 Å². The summed E-state index contributed by atoms with van der Waals surface area (Å²) in [4.78, 5) is 5.05. The molecule has 2 aromatic carbocycles. The minimum atomic E-state index is 0.305. The van der Waals surface area contributed by atoms with E-state index in [2.05, 4.69) is 66.2 Å². The number of hydrogen-bond acceptors (Lipinski definition) is 3. The highest BCUT2D eigenvalue weighted by Gasteiger charge is 2.31. The van der Waals surface area contributed by atoms with Gasteiger partial charge in [0, 0.05) is 31.7 Å². The Kier molecular flexibility index (Phi) is 4.30. The van der Waals surface area contributed by atoms with Gasteiger partial charge in [-0.2, -0.15) is 0 Å². The van der Waals surface area contributed by atoms with Crippen molar-refractivity contribution in [3.8, 4) is 5.75 Å². The lowest BCUT2D eigenvalue weighted by molar-refractivity contribution is 0.127. The molecule has 24 heavy (non-hydrogen) atoms. The lowest BCUT2D eigenvalue weighted by Gasteiger charge is -2.38. The van der Waals surface area contributed by atoms with Crippen molar-refractivity contribution in [1.82, 2.24) is 9.80 Å². The maximum atomic E-state index is 6.18. The molecule has 1 unspecified atom stereocenters. The van der Waals surface area contributed by atoms with Gasteiger partial charge in [-0.05, 0) is 36.2 Å². The molecule has 1 atom stereocenters. The first-order valence-electron chi connectivity index (χ1n) is 9.02. The fourth-order valence-electron chi connectivity index (χ4n) is 3.89. The zero-order valence-electron chi connectivity index (χ0n) is 14.7. The molecule has 0 radical (unpaired) electrons. The number of rotatable bonds is 2. The second-order valence-electron chi connectivity index (χ2n) is 6.96. The van der Waals surface area contributed by atoms with Crippen molar-refractivity contribution in [1.29, 1.82) is 0 Å². The summed E-state index contributed by atoms with van der Waals surface area (Å²) in [5.41, 5.74) is 5.45. The summed E-state index contributed by atoms with van der Waals surface area (Å²) in [6.45, 7) is 7.35. The monoisotopic (exact) mass is 322 g/mol. The molecule has 0 bridgehead atoms. The molecule has 3 heteroatoms. The summed E-state index contributed by atoms with van der Waals surface area (Å²) in [5.74, 6) is 1.05. The molecule has 2 aromatic rings. The molecule has 1 saturated heterocycles. The SMILES string of the molecule is CCc1ccc2c(c1)C(N1CCN(C)CC1)c1ccccc1CO2. The molecule has 2 heterocycles. The van der Waals surface area contributed by atoms with Crippen molar-refractivity contribution in [2.75, 3.05) is 33.2 Å². The Bertz CT molecular complexity index is 720. The average molecular weight is 322 g/mol. The van der Waals surface area contributed by atoms with Crippen molar-refractivity contribution in [2.24, 2.45) is 0 Å². The minimum absolute atomic E-state index is 0.305. The molecule has 126 valence electrons. The molecule has 0 aromatic heterocycles. The third-order valence-electron chi connectivity index (χ3n) is 5.41. The largest absolute Gasteiger partial charge is 0.489 e. The molecule has 2 aliphatic heterocycles. The highest BCUT2D eigenvalue weighted by atomic mass is 16.5. The number of aryl methyl sites for hydroxylation is 1. The highest BCUT2D eigenvalue weighted by Crippen LogP contribution is 2.40. The van der Waals surface area contributed by atoms with E-state index in [0.29, 0.717) is 12.6 Å². The lowest BCUT2D eigenvalue weighted by atomic mass is 9.91. The van der Waals surface area contributed by atoms with Crippen LogP contribution in [0.15, 0.2) is 42.5 Å². The fourth-order valence-corrected chi connectivity index (χ4v) is 3.89. The normalized spacial score (nSPS) is 21.5. The van der Waals surface area contributed by atoms with Crippen LogP contribution in [0.25, 0.3) is 0 Å². The molecule has 0 N–H and O–H groups in total. The third-order valence-corrected chi connectivity index (χ3v) is 5.41. The molecule has 2 aliphatic rings. The Hall–Kier alpha value is -1.84. The number of likely N-dealkylation sites (N-methyl/N-ethyl adjacent to an activating group) is 1. The Balaban J connectivity index is 1.82. The fraction of sp³-hybridized carbons (Fsp3) is 0.429. The van der Waals surface area contributed by atoms with E-state index < -0.39 is 0 Å². The average Bonchev–Trinajstić information content (AvgIpc) is 2.79. The van der Waals surface area contributed by atoms with Crippen molar-refractivity contribution < 1.29 is 4.74 Å². The van der Waals surface area contributed by atoms with E-state index in [9.17, 15) is 0 Å². The van der Waals surface area contributed by atoms with E-state index in [0.717, 1.165) is 38.3 Å². The third kappa shape index (κ3) is 2.83. The molecular formula is C21H26N2O. The van der Waals surface area contributed by atoms with Crippen molar-refractivity contribution in [2.45, 2.75) is 26.0 Å². The van der Waals surface area contributed by atoms with Gasteiger partial charge < -0.3 is 9.64 Å². The number of fused-ring (bicyclic) bond motifs is 2. The van der Waals surface area contributed by atoms with Gasteiger partial charge in [-0.1, -0.05) is 43.3 Å². The predicted octanol–water partition coefficient (Wildman–Crippen LogP) is 3.48. The lowest BCUT2D eigenvalue weighted by Crippen LogP contribution is -2.46. The van der Waals surface area contributed by atoms with Gasteiger partial charge >= 0.3 is 0 Å². The minimum Gasteiger partial charge on any atom is -0.489 e. The van der Waals surface area contributed by atoms with Gasteiger partial charge in [0.05, 0.1) is 6.04 Å². The standard InChI is InChI=1S/C21H26N2O/c1-3-16-8-9-20-19(14-16)21(23-12-10-22(2)11-13-23)18-7-5-4-6-17(18)15-24-20/h4-9,14,21H,3,10-13,15H2,1-2H3. The van der Waals surface area contributed by atoms with Crippen LogP contribution in [0.2, 0.25) is 0 Å².